The Morgan fingerprint density at radius 2 is 1.75 bits per heavy atom. The van der Waals surface area contributed by atoms with Crippen molar-refractivity contribution < 1.29 is 8.94 Å². The minimum atomic E-state index is 0.750. The van der Waals surface area contributed by atoms with Crippen LogP contribution >= 0.6 is 0 Å². The van der Waals surface area contributed by atoms with Crippen LogP contribution in [-0.2, 0) is 13.1 Å². The van der Waals surface area contributed by atoms with Gasteiger partial charge < -0.3 is 14.3 Å². The number of nitrogens with zero attached hydrogens (tertiary/aromatic N) is 1. The maximum atomic E-state index is 5.76. The summed E-state index contributed by atoms with van der Waals surface area (Å²) in [6.07, 6.45) is 0. The van der Waals surface area contributed by atoms with Gasteiger partial charge in [0.1, 0.15) is 17.1 Å². The van der Waals surface area contributed by atoms with E-state index < -0.39 is 0 Å². The first-order valence-electron chi connectivity index (χ1n) is 6.76. The van der Waals surface area contributed by atoms with E-state index in [1.54, 1.807) is 0 Å². The normalized spacial score (nSPS) is 11.3. The smallest absolute Gasteiger partial charge is 0.138 e. The number of hydrogen-bond acceptors (Lipinski definition) is 4. The molecule has 104 valence electrons. The van der Waals surface area contributed by atoms with Gasteiger partial charge in [0, 0.05) is 29.6 Å². The van der Waals surface area contributed by atoms with E-state index in [0.717, 1.165) is 41.5 Å². The molecular weight excluding hydrogens is 252 g/mol. The van der Waals surface area contributed by atoms with Crippen LogP contribution < -0.4 is 5.32 Å². The topological polar surface area (TPSA) is 51.2 Å². The number of benzene rings is 1. The Hall–Kier alpha value is -2.07. The number of rotatable bonds is 4. The molecule has 4 nitrogen and oxygen atoms in total. The molecule has 0 aliphatic heterocycles. The van der Waals surface area contributed by atoms with Crippen LogP contribution in [0.15, 0.2) is 33.2 Å². The van der Waals surface area contributed by atoms with Gasteiger partial charge in [-0.25, -0.2) is 0 Å². The molecule has 2 heterocycles. The predicted molar refractivity (Wildman–Crippen MR) is 77.5 cm³/mol. The van der Waals surface area contributed by atoms with Crippen LogP contribution in [0.25, 0.3) is 11.0 Å². The van der Waals surface area contributed by atoms with Crippen molar-refractivity contribution in [1.82, 2.24) is 10.5 Å². The number of aromatic nitrogens is 1. The zero-order chi connectivity index (χ0) is 14.1. The molecule has 0 radical (unpaired) electrons. The Kier molecular flexibility index (Phi) is 3.32. The summed E-state index contributed by atoms with van der Waals surface area (Å²) >= 11 is 0. The largest absolute Gasteiger partial charge is 0.461 e. The van der Waals surface area contributed by atoms with Gasteiger partial charge in [-0.3, -0.25) is 0 Å². The first-order valence-corrected chi connectivity index (χ1v) is 6.76. The Balaban J connectivity index is 1.76. The molecule has 0 aliphatic rings. The lowest BCUT2D eigenvalue weighted by Gasteiger charge is -2.04. The summed E-state index contributed by atoms with van der Waals surface area (Å²) in [6.45, 7) is 7.43. The number of aryl methyl sites for hydroxylation is 3. The van der Waals surface area contributed by atoms with Crippen LogP contribution in [0.2, 0.25) is 0 Å². The summed E-state index contributed by atoms with van der Waals surface area (Å²) in [5, 5.41) is 8.59. The molecule has 0 aliphatic carbocycles. The summed E-state index contributed by atoms with van der Waals surface area (Å²) in [5.74, 6) is 1.85. The van der Waals surface area contributed by atoms with Gasteiger partial charge in [0.05, 0.1) is 5.69 Å². The molecule has 0 unspecified atom stereocenters. The lowest BCUT2D eigenvalue weighted by molar-refractivity contribution is 0.392. The summed E-state index contributed by atoms with van der Waals surface area (Å²) in [6, 6.07) is 8.13. The quantitative estimate of drug-likeness (QED) is 0.786. The van der Waals surface area contributed by atoms with Gasteiger partial charge in [0.25, 0.3) is 0 Å². The highest BCUT2D eigenvalue weighted by atomic mass is 16.5. The number of para-hydroxylation sites is 1. The lowest BCUT2D eigenvalue weighted by atomic mass is 10.1. The third-order valence-corrected chi connectivity index (χ3v) is 3.68. The van der Waals surface area contributed by atoms with E-state index in [0.29, 0.717) is 0 Å². The SMILES string of the molecule is Cc1noc(C)c1CNCc1c(C)oc2ccccc12. The standard InChI is InChI=1S/C16H18N2O2/c1-10-14(12(3)20-18-10)8-17-9-15-11(2)19-16-7-5-4-6-13(15)16/h4-7,17H,8-9H2,1-3H3. The van der Waals surface area contributed by atoms with Crippen LogP contribution in [0.1, 0.15) is 28.3 Å². The third-order valence-electron chi connectivity index (χ3n) is 3.68. The number of fused-ring (bicyclic) bond motifs is 1. The fourth-order valence-electron chi connectivity index (χ4n) is 2.51. The molecule has 1 N–H and O–H groups in total. The van der Waals surface area contributed by atoms with E-state index in [4.69, 9.17) is 8.94 Å². The molecule has 0 atom stereocenters. The number of hydrogen-bond donors (Lipinski definition) is 1. The van der Waals surface area contributed by atoms with Crippen LogP contribution in [0.5, 0.6) is 0 Å². The second-order valence-electron chi connectivity index (χ2n) is 5.04. The first-order chi connectivity index (χ1) is 9.66. The first kappa shape index (κ1) is 12.9. The zero-order valence-electron chi connectivity index (χ0n) is 12.0. The fourth-order valence-corrected chi connectivity index (χ4v) is 2.51. The van der Waals surface area contributed by atoms with E-state index in [9.17, 15) is 0 Å². The van der Waals surface area contributed by atoms with Crippen molar-refractivity contribution >= 4 is 11.0 Å². The second-order valence-corrected chi connectivity index (χ2v) is 5.04. The van der Waals surface area contributed by atoms with Crippen LogP contribution in [0.4, 0.5) is 0 Å². The van der Waals surface area contributed by atoms with Gasteiger partial charge in [-0.15, -0.1) is 0 Å². The molecule has 0 saturated carbocycles. The molecule has 3 rings (SSSR count). The molecule has 3 aromatic rings. The van der Waals surface area contributed by atoms with Gasteiger partial charge in [0.15, 0.2) is 0 Å². The second kappa shape index (κ2) is 5.13. The van der Waals surface area contributed by atoms with E-state index in [-0.39, 0.29) is 0 Å². The highest BCUT2D eigenvalue weighted by Crippen LogP contribution is 2.25. The van der Waals surface area contributed by atoms with Crippen molar-refractivity contribution in [3.8, 4) is 0 Å². The molecule has 0 amide bonds. The maximum absolute atomic E-state index is 5.76. The Morgan fingerprint density at radius 1 is 1.00 bits per heavy atom. The molecule has 0 saturated heterocycles. The maximum Gasteiger partial charge on any atom is 0.138 e. The van der Waals surface area contributed by atoms with Gasteiger partial charge >= 0.3 is 0 Å². The number of furan rings is 1. The molecule has 20 heavy (non-hydrogen) atoms. The van der Waals surface area contributed by atoms with Gasteiger partial charge in [-0.2, -0.15) is 0 Å². The zero-order valence-corrected chi connectivity index (χ0v) is 12.0. The van der Waals surface area contributed by atoms with Crippen molar-refractivity contribution in [1.29, 1.82) is 0 Å². The van der Waals surface area contributed by atoms with Gasteiger partial charge in [0.2, 0.25) is 0 Å². The highest BCUT2D eigenvalue weighted by molar-refractivity contribution is 5.82. The molecule has 2 aromatic heterocycles. The van der Waals surface area contributed by atoms with Crippen molar-refractivity contribution in [3.63, 3.8) is 0 Å². The van der Waals surface area contributed by atoms with Crippen LogP contribution in [0.3, 0.4) is 0 Å². The summed E-state index contributed by atoms with van der Waals surface area (Å²) in [4.78, 5) is 0. The van der Waals surface area contributed by atoms with Gasteiger partial charge in [-0.1, -0.05) is 23.4 Å². The molecule has 4 heteroatoms. The van der Waals surface area contributed by atoms with E-state index >= 15 is 0 Å². The highest BCUT2D eigenvalue weighted by Gasteiger charge is 2.12. The molecule has 0 bridgehead atoms. The Bertz CT molecular complexity index is 721. The van der Waals surface area contributed by atoms with E-state index in [1.807, 2.05) is 39.0 Å². The Morgan fingerprint density at radius 3 is 2.50 bits per heavy atom. The van der Waals surface area contributed by atoms with E-state index in [2.05, 4.69) is 16.5 Å². The summed E-state index contributed by atoms with van der Waals surface area (Å²) in [7, 11) is 0. The molecule has 1 aromatic carbocycles. The summed E-state index contributed by atoms with van der Waals surface area (Å²) in [5.41, 5.74) is 4.24. The lowest BCUT2D eigenvalue weighted by Crippen LogP contribution is -2.14. The minimum absolute atomic E-state index is 0.750. The minimum Gasteiger partial charge on any atom is -0.461 e. The average Bonchev–Trinajstić information content (AvgIpc) is 2.92. The molecule has 0 fully saturated rings. The number of nitrogens with one attached hydrogen (secondary N) is 1. The predicted octanol–water partition coefficient (Wildman–Crippen LogP) is 3.64. The van der Waals surface area contributed by atoms with Crippen LogP contribution in [0, 0.1) is 20.8 Å². The monoisotopic (exact) mass is 270 g/mol. The molecular formula is C16H18N2O2. The van der Waals surface area contributed by atoms with E-state index in [1.165, 1.54) is 10.9 Å². The van der Waals surface area contributed by atoms with Crippen LogP contribution in [-0.4, -0.2) is 5.16 Å². The van der Waals surface area contributed by atoms with Crippen molar-refractivity contribution in [2.75, 3.05) is 0 Å². The summed E-state index contributed by atoms with van der Waals surface area (Å²) < 4.78 is 10.9. The van der Waals surface area contributed by atoms with Crippen molar-refractivity contribution in [2.45, 2.75) is 33.9 Å². The fraction of sp³-hybridized carbons (Fsp3) is 0.312. The average molecular weight is 270 g/mol. The molecule has 0 spiro atoms. The van der Waals surface area contributed by atoms with Crippen molar-refractivity contribution in [2.24, 2.45) is 0 Å². The van der Waals surface area contributed by atoms with Crippen molar-refractivity contribution in [3.05, 3.63) is 52.6 Å². The third kappa shape index (κ3) is 2.23. The van der Waals surface area contributed by atoms with Gasteiger partial charge in [-0.05, 0) is 26.8 Å². The Labute approximate surface area is 117 Å².